The Morgan fingerprint density at radius 3 is 2.45 bits per heavy atom. The lowest BCUT2D eigenvalue weighted by molar-refractivity contribution is -0.123. The van der Waals surface area contributed by atoms with E-state index in [1.165, 1.54) is 19.2 Å². The number of carbonyl (C=O) groups excluding carboxylic acids is 2. The Labute approximate surface area is 186 Å². The van der Waals surface area contributed by atoms with Gasteiger partial charge in [-0.05, 0) is 66.7 Å². The first-order valence-corrected chi connectivity index (χ1v) is 10.7. The van der Waals surface area contributed by atoms with Gasteiger partial charge in [0, 0.05) is 25.2 Å². The van der Waals surface area contributed by atoms with Gasteiger partial charge in [-0.15, -0.1) is 0 Å². The van der Waals surface area contributed by atoms with E-state index in [9.17, 15) is 14.0 Å². The Balaban J connectivity index is 1.44. The second kappa shape index (κ2) is 11.1. The van der Waals surface area contributed by atoms with E-state index in [-0.39, 0.29) is 18.3 Å². The fourth-order valence-corrected chi connectivity index (χ4v) is 3.81. The summed E-state index contributed by atoms with van der Waals surface area (Å²) in [6.45, 7) is 2.84. The van der Waals surface area contributed by atoms with Crippen molar-refractivity contribution in [2.45, 2.75) is 19.4 Å². The molecule has 0 bridgehead atoms. The predicted molar refractivity (Wildman–Crippen MR) is 118 cm³/mol. The van der Waals surface area contributed by atoms with Crippen molar-refractivity contribution in [2.24, 2.45) is 5.92 Å². The number of amides is 2. The second-order valence-corrected chi connectivity index (χ2v) is 8.07. The number of likely N-dealkylation sites (tertiary alicyclic amines) is 1. The van der Waals surface area contributed by atoms with Crippen LogP contribution in [0.4, 0.5) is 9.18 Å². The number of hydrogen-bond donors (Lipinski definition) is 2. The average Bonchev–Trinajstić information content (AvgIpc) is 2.78. The van der Waals surface area contributed by atoms with E-state index in [2.05, 4.69) is 15.5 Å². The topological polar surface area (TPSA) is 70.7 Å². The van der Waals surface area contributed by atoms with Crippen LogP contribution in [0.1, 0.15) is 18.4 Å². The SMILES string of the molecule is CNC(=O)COC(=O)NCC1CCN(Cc2ccc(-c3ccc(F)cc3)cc2Cl)CC1. The fourth-order valence-electron chi connectivity index (χ4n) is 3.57. The maximum absolute atomic E-state index is 13.1. The van der Waals surface area contributed by atoms with Crippen LogP contribution in [-0.4, -0.2) is 50.2 Å². The van der Waals surface area contributed by atoms with Crippen LogP contribution in [0.25, 0.3) is 11.1 Å². The van der Waals surface area contributed by atoms with Crippen LogP contribution >= 0.6 is 11.6 Å². The summed E-state index contributed by atoms with van der Waals surface area (Å²) in [7, 11) is 1.49. The summed E-state index contributed by atoms with van der Waals surface area (Å²) in [6, 6.07) is 12.3. The van der Waals surface area contributed by atoms with E-state index in [1.54, 1.807) is 12.1 Å². The minimum absolute atomic E-state index is 0.258. The maximum Gasteiger partial charge on any atom is 0.407 e. The smallest absolute Gasteiger partial charge is 0.407 e. The number of nitrogens with one attached hydrogen (secondary N) is 2. The molecule has 0 saturated carbocycles. The van der Waals surface area contributed by atoms with Gasteiger partial charge in [0.05, 0.1) is 0 Å². The zero-order chi connectivity index (χ0) is 22.2. The number of hydrogen-bond acceptors (Lipinski definition) is 4. The van der Waals surface area contributed by atoms with Gasteiger partial charge >= 0.3 is 6.09 Å². The van der Waals surface area contributed by atoms with Crippen LogP contribution in [0, 0.1) is 11.7 Å². The number of halogens is 2. The van der Waals surface area contributed by atoms with Crippen LogP contribution in [-0.2, 0) is 16.1 Å². The van der Waals surface area contributed by atoms with Gasteiger partial charge in [-0.1, -0.05) is 35.9 Å². The molecule has 0 aliphatic carbocycles. The Morgan fingerprint density at radius 2 is 1.81 bits per heavy atom. The fraction of sp³-hybridized carbons (Fsp3) is 0.391. The third-order valence-corrected chi connectivity index (χ3v) is 5.83. The lowest BCUT2D eigenvalue weighted by Gasteiger charge is -2.32. The molecule has 0 atom stereocenters. The van der Waals surface area contributed by atoms with Gasteiger partial charge in [-0.2, -0.15) is 0 Å². The Kier molecular flexibility index (Phi) is 8.26. The van der Waals surface area contributed by atoms with Crippen molar-refractivity contribution in [2.75, 3.05) is 33.3 Å². The van der Waals surface area contributed by atoms with Gasteiger partial charge in [0.25, 0.3) is 5.91 Å². The normalized spacial score (nSPS) is 14.8. The molecule has 8 heteroatoms. The molecule has 2 N–H and O–H groups in total. The summed E-state index contributed by atoms with van der Waals surface area (Å²) < 4.78 is 18.0. The number of likely N-dealkylation sites (N-methyl/N-ethyl adjacent to an activating group) is 1. The molecule has 1 aliphatic rings. The van der Waals surface area contributed by atoms with Gasteiger partial charge in [0.1, 0.15) is 5.82 Å². The molecule has 0 unspecified atom stereocenters. The highest BCUT2D eigenvalue weighted by Crippen LogP contribution is 2.28. The minimum atomic E-state index is -0.570. The van der Waals surface area contributed by atoms with Crippen molar-refractivity contribution >= 4 is 23.6 Å². The molecule has 1 fully saturated rings. The van der Waals surface area contributed by atoms with Crippen molar-refractivity contribution in [1.29, 1.82) is 0 Å². The molecule has 0 radical (unpaired) electrons. The summed E-state index contributed by atoms with van der Waals surface area (Å²) in [5.74, 6) is -0.223. The molecule has 1 saturated heterocycles. The van der Waals surface area contributed by atoms with Crippen LogP contribution < -0.4 is 10.6 Å². The van der Waals surface area contributed by atoms with E-state index in [0.29, 0.717) is 17.5 Å². The van der Waals surface area contributed by atoms with Crippen LogP contribution in [0.2, 0.25) is 5.02 Å². The third-order valence-electron chi connectivity index (χ3n) is 5.48. The number of benzene rings is 2. The molecule has 0 spiro atoms. The highest BCUT2D eigenvalue weighted by atomic mass is 35.5. The molecule has 2 aromatic rings. The van der Waals surface area contributed by atoms with Crippen molar-refractivity contribution in [3.8, 4) is 11.1 Å². The largest absolute Gasteiger partial charge is 0.439 e. The van der Waals surface area contributed by atoms with Crippen LogP contribution in [0.3, 0.4) is 0 Å². The quantitative estimate of drug-likeness (QED) is 0.676. The van der Waals surface area contributed by atoms with E-state index in [1.807, 2.05) is 18.2 Å². The summed E-state index contributed by atoms with van der Waals surface area (Å²) >= 11 is 6.51. The van der Waals surface area contributed by atoms with Crippen LogP contribution in [0.15, 0.2) is 42.5 Å². The van der Waals surface area contributed by atoms with Gasteiger partial charge < -0.3 is 15.4 Å². The molecule has 2 aromatic carbocycles. The molecule has 1 aliphatic heterocycles. The van der Waals surface area contributed by atoms with Gasteiger partial charge in [0.2, 0.25) is 0 Å². The summed E-state index contributed by atoms with van der Waals surface area (Å²) in [5.41, 5.74) is 2.95. The van der Waals surface area contributed by atoms with Crippen molar-refractivity contribution < 1.29 is 18.7 Å². The zero-order valence-electron chi connectivity index (χ0n) is 17.5. The first kappa shape index (κ1) is 23.0. The molecule has 2 amide bonds. The van der Waals surface area contributed by atoms with E-state index >= 15 is 0 Å². The summed E-state index contributed by atoms with van der Waals surface area (Å²) in [5, 5.41) is 5.82. The first-order chi connectivity index (χ1) is 14.9. The Morgan fingerprint density at radius 1 is 1.13 bits per heavy atom. The molecular weight excluding hydrogens is 421 g/mol. The number of nitrogens with zero attached hydrogens (tertiary/aromatic N) is 1. The first-order valence-electron chi connectivity index (χ1n) is 10.3. The number of ether oxygens (including phenoxy) is 1. The average molecular weight is 448 g/mol. The lowest BCUT2D eigenvalue weighted by Crippen LogP contribution is -2.39. The van der Waals surface area contributed by atoms with E-state index < -0.39 is 6.09 Å². The van der Waals surface area contributed by atoms with Crippen LogP contribution in [0.5, 0.6) is 0 Å². The lowest BCUT2D eigenvalue weighted by atomic mass is 9.96. The maximum atomic E-state index is 13.1. The second-order valence-electron chi connectivity index (χ2n) is 7.66. The molecule has 166 valence electrons. The van der Waals surface area contributed by atoms with E-state index in [0.717, 1.165) is 49.2 Å². The predicted octanol–water partition coefficient (Wildman–Crippen LogP) is 3.83. The molecular formula is C23H27ClFN3O3. The highest BCUT2D eigenvalue weighted by Gasteiger charge is 2.21. The Bertz CT molecular complexity index is 899. The van der Waals surface area contributed by atoms with Crippen molar-refractivity contribution in [3.63, 3.8) is 0 Å². The minimum Gasteiger partial charge on any atom is -0.439 e. The number of alkyl carbamates (subject to hydrolysis) is 1. The van der Waals surface area contributed by atoms with Crippen molar-refractivity contribution in [1.82, 2.24) is 15.5 Å². The Hall–Kier alpha value is -2.64. The van der Waals surface area contributed by atoms with Crippen molar-refractivity contribution in [3.05, 3.63) is 58.9 Å². The highest BCUT2D eigenvalue weighted by molar-refractivity contribution is 6.31. The molecule has 1 heterocycles. The summed E-state index contributed by atoms with van der Waals surface area (Å²) in [6.07, 6.45) is 1.35. The number of piperidine rings is 1. The third kappa shape index (κ3) is 6.94. The summed E-state index contributed by atoms with van der Waals surface area (Å²) in [4.78, 5) is 25.1. The molecule has 3 rings (SSSR count). The number of rotatable bonds is 7. The monoisotopic (exact) mass is 447 g/mol. The molecule has 0 aromatic heterocycles. The van der Waals surface area contributed by atoms with E-state index in [4.69, 9.17) is 16.3 Å². The standard InChI is InChI=1S/C23H27ClFN3O3/c1-26-22(29)15-31-23(30)27-13-16-8-10-28(11-9-16)14-19-3-2-18(12-21(19)24)17-4-6-20(25)7-5-17/h2-7,12,16H,8-11,13-15H2,1H3,(H,26,29)(H,27,30). The molecule has 6 nitrogen and oxygen atoms in total. The van der Waals surface area contributed by atoms with Gasteiger partial charge in [-0.25, -0.2) is 9.18 Å². The van der Waals surface area contributed by atoms with Gasteiger partial charge in [-0.3, -0.25) is 9.69 Å². The molecule has 31 heavy (non-hydrogen) atoms. The van der Waals surface area contributed by atoms with Gasteiger partial charge in [0.15, 0.2) is 6.61 Å². The number of carbonyl (C=O) groups is 2. The zero-order valence-corrected chi connectivity index (χ0v) is 18.3.